The molecule has 0 aromatic carbocycles. The first-order valence-electron chi connectivity index (χ1n) is 7.56. The van der Waals surface area contributed by atoms with Crippen molar-refractivity contribution in [3.63, 3.8) is 0 Å². The van der Waals surface area contributed by atoms with Gasteiger partial charge in [-0.1, -0.05) is 25.7 Å². The van der Waals surface area contributed by atoms with E-state index in [1.165, 1.54) is 25.7 Å². The van der Waals surface area contributed by atoms with Crippen molar-refractivity contribution in [2.24, 2.45) is 5.92 Å². The molecule has 2 rings (SSSR count). The van der Waals surface area contributed by atoms with Crippen molar-refractivity contribution >= 4 is 11.6 Å². The zero-order valence-corrected chi connectivity index (χ0v) is 12.3. The van der Waals surface area contributed by atoms with Crippen LogP contribution in [-0.2, 0) is 6.18 Å². The molecule has 1 saturated carbocycles. The zero-order valence-electron chi connectivity index (χ0n) is 12.3. The largest absolute Gasteiger partial charge is 0.416 e. The Morgan fingerprint density at radius 1 is 1.14 bits per heavy atom. The van der Waals surface area contributed by atoms with Crippen LogP contribution in [0.4, 0.5) is 24.8 Å². The fraction of sp³-hybridized carbons (Fsp3) is 0.667. The standard InChI is InChI=1S/C15H22F3N3/c1-2-19-13-9-12(15(16,17)18)10-14(21-13)20-8-7-11-5-3-4-6-11/h9-11H,2-8H2,1H3,(H2,19,20,21). The number of rotatable bonds is 6. The van der Waals surface area contributed by atoms with Gasteiger partial charge in [0.2, 0.25) is 0 Å². The van der Waals surface area contributed by atoms with Gasteiger partial charge < -0.3 is 10.6 Å². The van der Waals surface area contributed by atoms with Gasteiger partial charge in [0.1, 0.15) is 11.6 Å². The number of hydrogen-bond donors (Lipinski definition) is 2. The molecule has 1 heterocycles. The van der Waals surface area contributed by atoms with Gasteiger partial charge in [0.15, 0.2) is 0 Å². The highest BCUT2D eigenvalue weighted by Crippen LogP contribution is 2.32. The second-order valence-electron chi connectivity index (χ2n) is 5.52. The quantitative estimate of drug-likeness (QED) is 0.811. The van der Waals surface area contributed by atoms with E-state index in [0.717, 1.165) is 18.6 Å². The Bertz CT molecular complexity index is 454. The molecule has 0 bridgehead atoms. The molecule has 0 unspecified atom stereocenters. The third-order valence-corrected chi connectivity index (χ3v) is 3.84. The summed E-state index contributed by atoms with van der Waals surface area (Å²) in [4.78, 5) is 4.18. The summed E-state index contributed by atoms with van der Waals surface area (Å²) in [6.45, 7) is 3.04. The number of nitrogens with zero attached hydrogens (tertiary/aromatic N) is 1. The highest BCUT2D eigenvalue weighted by atomic mass is 19.4. The highest BCUT2D eigenvalue weighted by molar-refractivity contribution is 5.49. The summed E-state index contributed by atoms with van der Waals surface area (Å²) < 4.78 is 38.6. The summed E-state index contributed by atoms with van der Waals surface area (Å²) in [5, 5.41) is 5.87. The molecule has 0 spiro atoms. The third-order valence-electron chi connectivity index (χ3n) is 3.84. The van der Waals surface area contributed by atoms with E-state index in [9.17, 15) is 13.2 Å². The Hall–Kier alpha value is -1.46. The maximum Gasteiger partial charge on any atom is 0.416 e. The molecular weight excluding hydrogens is 279 g/mol. The van der Waals surface area contributed by atoms with Crippen LogP contribution in [0.15, 0.2) is 12.1 Å². The highest BCUT2D eigenvalue weighted by Gasteiger charge is 2.31. The molecule has 1 fully saturated rings. The predicted octanol–water partition coefficient (Wildman–Crippen LogP) is 4.52. The van der Waals surface area contributed by atoms with Crippen LogP contribution in [0.2, 0.25) is 0 Å². The van der Waals surface area contributed by atoms with Crippen LogP contribution >= 0.6 is 0 Å². The average molecular weight is 301 g/mol. The monoisotopic (exact) mass is 301 g/mol. The first-order valence-corrected chi connectivity index (χ1v) is 7.56. The van der Waals surface area contributed by atoms with Gasteiger partial charge in [-0.15, -0.1) is 0 Å². The van der Waals surface area contributed by atoms with Crippen LogP contribution < -0.4 is 10.6 Å². The smallest absolute Gasteiger partial charge is 0.370 e. The Morgan fingerprint density at radius 3 is 2.33 bits per heavy atom. The van der Waals surface area contributed by atoms with E-state index in [0.29, 0.717) is 24.8 Å². The lowest BCUT2D eigenvalue weighted by molar-refractivity contribution is -0.137. The van der Waals surface area contributed by atoms with E-state index in [1.54, 1.807) is 0 Å². The van der Waals surface area contributed by atoms with Gasteiger partial charge in [-0.3, -0.25) is 0 Å². The van der Waals surface area contributed by atoms with Crippen LogP contribution in [0.3, 0.4) is 0 Å². The van der Waals surface area contributed by atoms with E-state index >= 15 is 0 Å². The van der Waals surface area contributed by atoms with Gasteiger partial charge >= 0.3 is 6.18 Å². The molecule has 0 radical (unpaired) electrons. The molecule has 0 aliphatic heterocycles. The van der Waals surface area contributed by atoms with E-state index < -0.39 is 11.7 Å². The Kier molecular flexibility index (Phi) is 5.31. The normalized spacial score (nSPS) is 16.2. The van der Waals surface area contributed by atoms with Crippen molar-refractivity contribution in [3.05, 3.63) is 17.7 Å². The fourth-order valence-electron chi connectivity index (χ4n) is 2.76. The van der Waals surface area contributed by atoms with Crippen molar-refractivity contribution in [2.45, 2.75) is 45.2 Å². The van der Waals surface area contributed by atoms with Crippen LogP contribution in [0.5, 0.6) is 0 Å². The second kappa shape index (κ2) is 7.00. The Labute approximate surface area is 123 Å². The lowest BCUT2D eigenvalue weighted by Crippen LogP contribution is -2.12. The molecule has 1 aromatic heterocycles. The summed E-state index contributed by atoms with van der Waals surface area (Å²) in [7, 11) is 0. The van der Waals surface area contributed by atoms with Crippen LogP contribution in [-0.4, -0.2) is 18.1 Å². The first kappa shape index (κ1) is 15.9. The maximum absolute atomic E-state index is 12.9. The lowest BCUT2D eigenvalue weighted by atomic mass is 10.0. The summed E-state index contributed by atoms with van der Waals surface area (Å²) in [6.07, 6.45) is 1.66. The Morgan fingerprint density at radius 2 is 1.76 bits per heavy atom. The van der Waals surface area contributed by atoms with Gasteiger partial charge in [-0.2, -0.15) is 13.2 Å². The zero-order chi connectivity index (χ0) is 15.3. The van der Waals surface area contributed by atoms with Crippen LogP contribution in [0.25, 0.3) is 0 Å². The number of anilines is 2. The van der Waals surface area contributed by atoms with Gasteiger partial charge in [0, 0.05) is 13.1 Å². The second-order valence-corrected chi connectivity index (χ2v) is 5.52. The molecule has 1 aliphatic carbocycles. The fourth-order valence-corrected chi connectivity index (χ4v) is 2.76. The van der Waals surface area contributed by atoms with E-state index in [4.69, 9.17) is 0 Å². The minimum absolute atomic E-state index is 0.260. The number of pyridine rings is 1. The Balaban J connectivity index is 2.00. The molecule has 3 nitrogen and oxygen atoms in total. The molecule has 0 amide bonds. The third kappa shape index (κ3) is 4.79. The average Bonchev–Trinajstić information content (AvgIpc) is 2.91. The number of hydrogen-bond acceptors (Lipinski definition) is 3. The molecule has 2 N–H and O–H groups in total. The van der Waals surface area contributed by atoms with Gasteiger partial charge in [0.25, 0.3) is 0 Å². The predicted molar refractivity (Wildman–Crippen MR) is 78.5 cm³/mol. The molecule has 118 valence electrons. The minimum atomic E-state index is -4.35. The van der Waals surface area contributed by atoms with Crippen molar-refractivity contribution in [1.82, 2.24) is 4.98 Å². The van der Waals surface area contributed by atoms with Gasteiger partial charge in [0.05, 0.1) is 5.56 Å². The summed E-state index contributed by atoms with van der Waals surface area (Å²) >= 11 is 0. The van der Waals surface area contributed by atoms with Gasteiger partial charge in [-0.05, 0) is 31.4 Å². The molecule has 1 aromatic rings. The summed E-state index contributed by atoms with van der Waals surface area (Å²) in [5.74, 6) is 1.26. The number of aromatic nitrogens is 1. The first-order chi connectivity index (χ1) is 9.99. The molecule has 0 atom stereocenters. The van der Waals surface area contributed by atoms with Crippen molar-refractivity contribution in [1.29, 1.82) is 0 Å². The lowest BCUT2D eigenvalue weighted by Gasteiger charge is -2.14. The van der Waals surface area contributed by atoms with Crippen molar-refractivity contribution < 1.29 is 13.2 Å². The van der Waals surface area contributed by atoms with Crippen molar-refractivity contribution in [2.75, 3.05) is 23.7 Å². The summed E-state index contributed by atoms with van der Waals surface area (Å²) in [5.41, 5.74) is -0.670. The number of halogens is 3. The van der Waals surface area contributed by atoms with Crippen LogP contribution in [0, 0.1) is 5.92 Å². The van der Waals surface area contributed by atoms with E-state index in [2.05, 4.69) is 15.6 Å². The molecule has 6 heteroatoms. The number of alkyl halides is 3. The van der Waals surface area contributed by atoms with E-state index in [-0.39, 0.29) is 5.82 Å². The molecule has 1 aliphatic rings. The SMILES string of the molecule is CCNc1cc(C(F)(F)F)cc(NCCC2CCCC2)n1. The summed E-state index contributed by atoms with van der Waals surface area (Å²) in [6, 6.07) is 2.13. The van der Waals surface area contributed by atoms with E-state index in [1.807, 2.05) is 6.92 Å². The number of nitrogens with one attached hydrogen (secondary N) is 2. The minimum Gasteiger partial charge on any atom is -0.370 e. The topological polar surface area (TPSA) is 37.0 Å². The molecule has 21 heavy (non-hydrogen) atoms. The molecular formula is C15H22F3N3. The van der Waals surface area contributed by atoms with Crippen molar-refractivity contribution in [3.8, 4) is 0 Å². The van der Waals surface area contributed by atoms with Gasteiger partial charge in [-0.25, -0.2) is 4.98 Å². The van der Waals surface area contributed by atoms with Crippen LogP contribution in [0.1, 0.15) is 44.6 Å². The molecule has 0 saturated heterocycles. The maximum atomic E-state index is 12.9.